The summed E-state index contributed by atoms with van der Waals surface area (Å²) in [6.45, 7) is 1.52. The molecule has 0 amide bonds. The quantitative estimate of drug-likeness (QED) is 0.535. The van der Waals surface area contributed by atoms with Gasteiger partial charge in [-0.3, -0.25) is 4.79 Å². The van der Waals surface area contributed by atoms with Crippen LogP contribution in [0.1, 0.15) is 6.92 Å². The Kier molecular flexibility index (Phi) is 2.30. The molecule has 0 aromatic carbocycles. The first-order chi connectivity index (χ1) is 5.18. The lowest BCUT2D eigenvalue weighted by Gasteiger charge is -2.04. The number of rotatable bonds is 2. The molecule has 1 fully saturated rings. The maximum absolute atomic E-state index is 10.3. The van der Waals surface area contributed by atoms with Crippen LogP contribution in [0.5, 0.6) is 0 Å². The zero-order valence-corrected chi connectivity index (χ0v) is 6.03. The summed E-state index contributed by atoms with van der Waals surface area (Å²) in [6, 6.07) is 0. The highest BCUT2D eigenvalue weighted by Gasteiger charge is 2.25. The zero-order valence-electron chi connectivity index (χ0n) is 6.03. The molecule has 0 N–H and O–H groups in total. The Hall–Kier alpha value is -1.26. The van der Waals surface area contributed by atoms with E-state index in [4.69, 9.17) is 0 Å². The van der Waals surface area contributed by atoms with Crippen molar-refractivity contribution in [3.63, 3.8) is 0 Å². The van der Waals surface area contributed by atoms with Crippen LogP contribution in [0.15, 0.2) is 0 Å². The van der Waals surface area contributed by atoms with Crippen molar-refractivity contribution in [3.05, 3.63) is 0 Å². The zero-order chi connectivity index (χ0) is 8.27. The van der Waals surface area contributed by atoms with E-state index in [-0.39, 0.29) is 13.2 Å². The van der Waals surface area contributed by atoms with E-state index in [0.717, 1.165) is 0 Å². The van der Waals surface area contributed by atoms with Crippen molar-refractivity contribution in [3.8, 4) is 0 Å². The second kappa shape index (κ2) is 3.23. The number of carbonyl (C=O) groups is 2. The average molecular weight is 160 g/mol. The van der Waals surface area contributed by atoms with Crippen LogP contribution in [-0.2, 0) is 19.0 Å². The first kappa shape index (κ1) is 7.84. The van der Waals surface area contributed by atoms with Crippen LogP contribution >= 0.6 is 0 Å². The number of cyclic esters (lactones) is 2. The van der Waals surface area contributed by atoms with Crippen molar-refractivity contribution < 1.29 is 23.8 Å². The lowest BCUT2D eigenvalue weighted by molar-refractivity contribution is -0.143. The van der Waals surface area contributed by atoms with Gasteiger partial charge in [-0.2, -0.15) is 0 Å². The van der Waals surface area contributed by atoms with E-state index in [1.165, 1.54) is 6.92 Å². The van der Waals surface area contributed by atoms with E-state index in [1.807, 2.05) is 0 Å². The summed E-state index contributed by atoms with van der Waals surface area (Å²) in [6.07, 6.45) is -1.14. The lowest BCUT2D eigenvalue weighted by atomic mass is 10.4. The van der Waals surface area contributed by atoms with E-state index in [9.17, 15) is 9.59 Å². The highest BCUT2D eigenvalue weighted by molar-refractivity contribution is 5.66. The van der Waals surface area contributed by atoms with Gasteiger partial charge >= 0.3 is 12.1 Å². The fourth-order valence-corrected chi connectivity index (χ4v) is 0.658. The van der Waals surface area contributed by atoms with Crippen molar-refractivity contribution >= 4 is 12.1 Å². The molecule has 0 aromatic heterocycles. The Morgan fingerprint density at radius 1 is 1.82 bits per heavy atom. The molecule has 0 aromatic rings. The molecule has 0 radical (unpaired) electrons. The van der Waals surface area contributed by atoms with Crippen molar-refractivity contribution in [2.45, 2.75) is 13.0 Å². The Labute approximate surface area is 63.2 Å². The standard InChI is InChI=1S/C6H8O5/c1-4(7)9-2-5-3-10-6(8)11-5/h5H,2-3H2,1H3. The summed E-state index contributed by atoms with van der Waals surface area (Å²) >= 11 is 0. The van der Waals surface area contributed by atoms with Gasteiger partial charge in [0.05, 0.1) is 0 Å². The van der Waals surface area contributed by atoms with Crippen molar-refractivity contribution in [2.24, 2.45) is 0 Å². The van der Waals surface area contributed by atoms with E-state index >= 15 is 0 Å². The summed E-state index contributed by atoms with van der Waals surface area (Å²) in [5.41, 5.74) is 0. The number of ether oxygens (including phenoxy) is 3. The van der Waals surface area contributed by atoms with Gasteiger partial charge in [-0.1, -0.05) is 0 Å². The van der Waals surface area contributed by atoms with Gasteiger partial charge in [-0.25, -0.2) is 4.79 Å². The highest BCUT2D eigenvalue weighted by atomic mass is 16.8. The van der Waals surface area contributed by atoms with Crippen LogP contribution < -0.4 is 0 Å². The normalized spacial score (nSPS) is 22.3. The lowest BCUT2D eigenvalue weighted by Crippen LogP contribution is -2.19. The molecular formula is C6H8O5. The molecule has 0 aliphatic carbocycles. The number of hydrogen-bond acceptors (Lipinski definition) is 5. The van der Waals surface area contributed by atoms with Crippen molar-refractivity contribution in [1.29, 1.82) is 0 Å². The molecule has 5 heteroatoms. The molecule has 1 heterocycles. The molecule has 11 heavy (non-hydrogen) atoms. The fraction of sp³-hybridized carbons (Fsp3) is 0.667. The second-order valence-electron chi connectivity index (χ2n) is 2.10. The highest BCUT2D eigenvalue weighted by Crippen LogP contribution is 2.05. The summed E-state index contributed by atoms with van der Waals surface area (Å²) in [7, 11) is 0. The van der Waals surface area contributed by atoms with Crippen molar-refractivity contribution in [2.75, 3.05) is 13.2 Å². The fourth-order valence-electron chi connectivity index (χ4n) is 0.658. The molecule has 1 aliphatic rings. The van der Waals surface area contributed by atoms with Gasteiger partial charge in [0, 0.05) is 6.92 Å². The smallest absolute Gasteiger partial charge is 0.462 e. The Bertz CT molecular complexity index is 176. The first-order valence-electron chi connectivity index (χ1n) is 3.15. The van der Waals surface area contributed by atoms with Crippen LogP contribution in [0.3, 0.4) is 0 Å². The first-order valence-corrected chi connectivity index (χ1v) is 3.15. The maximum atomic E-state index is 10.3. The van der Waals surface area contributed by atoms with Crippen LogP contribution in [0, 0.1) is 0 Å². The molecule has 1 atom stereocenters. The van der Waals surface area contributed by atoms with Gasteiger partial charge in [0.25, 0.3) is 0 Å². The number of hydrogen-bond donors (Lipinski definition) is 0. The second-order valence-corrected chi connectivity index (χ2v) is 2.10. The Morgan fingerprint density at radius 2 is 2.55 bits per heavy atom. The predicted molar refractivity (Wildman–Crippen MR) is 32.9 cm³/mol. The minimum absolute atomic E-state index is 0.0705. The van der Waals surface area contributed by atoms with E-state index < -0.39 is 18.2 Å². The molecular weight excluding hydrogens is 152 g/mol. The summed E-state index contributed by atoms with van der Waals surface area (Å²) in [5, 5.41) is 0. The van der Waals surface area contributed by atoms with Gasteiger partial charge in [0.15, 0.2) is 6.10 Å². The van der Waals surface area contributed by atoms with Crippen LogP contribution in [0.2, 0.25) is 0 Å². The molecule has 62 valence electrons. The third kappa shape index (κ3) is 2.45. The minimum Gasteiger partial charge on any atom is -0.462 e. The number of carbonyl (C=O) groups excluding carboxylic acids is 2. The molecule has 1 aliphatic heterocycles. The van der Waals surface area contributed by atoms with Crippen molar-refractivity contribution in [1.82, 2.24) is 0 Å². The third-order valence-corrected chi connectivity index (χ3v) is 1.12. The van der Waals surface area contributed by atoms with Crippen LogP contribution in [0.4, 0.5) is 4.79 Å². The average Bonchev–Trinajstić information content (AvgIpc) is 2.31. The molecule has 1 rings (SSSR count). The van der Waals surface area contributed by atoms with Gasteiger partial charge < -0.3 is 14.2 Å². The molecule has 1 saturated heterocycles. The minimum atomic E-state index is -0.706. The third-order valence-electron chi connectivity index (χ3n) is 1.12. The summed E-state index contributed by atoms with van der Waals surface area (Å²) in [4.78, 5) is 20.6. The predicted octanol–water partition coefficient (Wildman–Crippen LogP) is 0.0849. The van der Waals surface area contributed by atoms with Gasteiger partial charge in [-0.05, 0) is 0 Å². The largest absolute Gasteiger partial charge is 0.508 e. The van der Waals surface area contributed by atoms with E-state index in [2.05, 4.69) is 14.2 Å². The maximum Gasteiger partial charge on any atom is 0.508 e. The van der Waals surface area contributed by atoms with Gasteiger partial charge in [0.1, 0.15) is 13.2 Å². The SMILES string of the molecule is CC(=O)OCC1COC(=O)O1. The molecule has 0 saturated carbocycles. The topological polar surface area (TPSA) is 61.8 Å². The number of esters is 1. The summed E-state index contributed by atoms with van der Waals surface area (Å²) in [5.74, 6) is -0.395. The van der Waals surface area contributed by atoms with Crippen LogP contribution in [0.25, 0.3) is 0 Å². The van der Waals surface area contributed by atoms with Gasteiger partial charge in [0.2, 0.25) is 0 Å². The van der Waals surface area contributed by atoms with E-state index in [1.54, 1.807) is 0 Å². The van der Waals surface area contributed by atoms with Crippen LogP contribution in [-0.4, -0.2) is 31.4 Å². The molecule has 0 bridgehead atoms. The van der Waals surface area contributed by atoms with E-state index in [0.29, 0.717) is 0 Å². The van der Waals surface area contributed by atoms with Gasteiger partial charge in [-0.15, -0.1) is 0 Å². The Morgan fingerprint density at radius 3 is 3.00 bits per heavy atom. The summed E-state index contributed by atoms with van der Waals surface area (Å²) < 4.78 is 13.6. The molecule has 1 unspecified atom stereocenters. The monoisotopic (exact) mass is 160 g/mol. The Balaban J connectivity index is 2.18. The molecule has 0 spiro atoms. The molecule has 5 nitrogen and oxygen atoms in total.